The fourth-order valence-corrected chi connectivity index (χ4v) is 7.13. The number of carbonyl (C=O) groups is 8. The minimum absolute atomic E-state index is 0.00523. The van der Waals surface area contributed by atoms with Gasteiger partial charge in [0.15, 0.2) is 0 Å². The van der Waals surface area contributed by atoms with E-state index in [4.69, 9.17) is 0 Å². The number of benzene rings is 1. The van der Waals surface area contributed by atoms with E-state index in [0.29, 0.717) is 37.7 Å². The van der Waals surface area contributed by atoms with Crippen LogP contribution in [0, 0.1) is 11.8 Å². The van der Waals surface area contributed by atoms with Crippen LogP contribution in [0.5, 0.6) is 5.75 Å². The molecule has 3 aliphatic heterocycles. The lowest BCUT2D eigenvalue weighted by Crippen LogP contribution is -2.61. The number of nitrogens with one attached hydrogen (secondary N) is 6. The summed E-state index contributed by atoms with van der Waals surface area (Å²) in [6.07, 6.45) is 2.10. The maximum Gasteiger partial charge on any atom is 0.246 e. The van der Waals surface area contributed by atoms with Gasteiger partial charge in [-0.15, -0.1) is 0 Å². The van der Waals surface area contributed by atoms with Gasteiger partial charge in [0.05, 0.1) is 6.54 Å². The van der Waals surface area contributed by atoms with Crippen molar-refractivity contribution in [3.05, 3.63) is 29.8 Å². The zero-order valence-corrected chi connectivity index (χ0v) is 32.5. The Balaban J connectivity index is 1.68. The fourth-order valence-electron chi connectivity index (χ4n) is 7.13. The van der Waals surface area contributed by atoms with Crippen molar-refractivity contribution in [1.82, 2.24) is 41.7 Å². The molecule has 0 unspecified atom stereocenters. The normalized spacial score (nSPS) is 28.9. The lowest BCUT2D eigenvalue weighted by Gasteiger charge is -2.33. The Bertz CT molecular complexity index is 1620. The van der Waals surface area contributed by atoms with Gasteiger partial charge in [0, 0.05) is 19.5 Å². The van der Waals surface area contributed by atoms with Gasteiger partial charge >= 0.3 is 0 Å². The fraction of sp³-hybridized carbons (Fsp3) is 0.632. The van der Waals surface area contributed by atoms with Gasteiger partial charge in [-0.1, -0.05) is 46.2 Å². The minimum Gasteiger partial charge on any atom is -0.508 e. The van der Waals surface area contributed by atoms with Gasteiger partial charge < -0.3 is 46.8 Å². The number of carbonyl (C=O) groups excluding carboxylic acids is 8. The molecule has 0 spiro atoms. The molecule has 17 nitrogen and oxygen atoms in total. The van der Waals surface area contributed by atoms with Gasteiger partial charge in [-0.2, -0.15) is 0 Å². The van der Waals surface area contributed by atoms with Gasteiger partial charge in [0.1, 0.15) is 48.0 Å². The number of rotatable bonds is 5. The zero-order valence-electron chi connectivity index (χ0n) is 32.5. The standard InChI is InChI=1S/C38H56N8O9/c1-7-21(4)31-36(53)42-26(18-24-12-14-25(47)15-13-24)33(50)41-23(6)37(54)45-16-8-10-27(45)34(51)39-19-29(48)40-22(5)32(49)43-30(20(2)3)38(55)46-17-9-11-28(46)35(52)44-31/h12-15,20-23,26-28,30-31,47H,7-11,16-19H2,1-6H3,(H,39,51)(H,40,48)(H,41,50)(H,42,53)(H,43,49)(H,44,52)/t21-,22+,23+,26+,27+,28+,30-,31+/m1/s1. The predicted molar refractivity (Wildman–Crippen MR) is 200 cm³/mol. The quantitative estimate of drug-likeness (QED) is 0.199. The number of fused-ring (bicyclic) bond motifs is 2. The van der Waals surface area contributed by atoms with Crippen LogP contribution in [0.2, 0.25) is 0 Å². The Morgan fingerprint density at radius 2 is 1.25 bits per heavy atom. The number of phenolic OH excluding ortho intramolecular Hbond substituents is 1. The maximum atomic E-state index is 14.1. The molecule has 4 rings (SSSR count). The highest BCUT2D eigenvalue weighted by molar-refractivity contribution is 5.98. The van der Waals surface area contributed by atoms with Crippen molar-refractivity contribution in [2.75, 3.05) is 19.6 Å². The van der Waals surface area contributed by atoms with Crippen molar-refractivity contribution in [1.29, 1.82) is 0 Å². The Hall–Kier alpha value is -5.22. The summed E-state index contributed by atoms with van der Waals surface area (Å²) in [4.78, 5) is 111. The van der Waals surface area contributed by atoms with Crippen LogP contribution >= 0.6 is 0 Å². The minimum atomic E-state index is -1.22. The summed E-state index contributed by atoms with van der Waals surface area (Å²) in [6, 6.07) is -1.34. The maximum absolute atomic E-state index is 14.1. The van der Waals surface area contributed by atoms with Crippen LogP contribution in [0.15, 0.2) is 24.3 Å². The van der Waals surface area contributed by atoms with E-state index in [2.05, 4.69) is 31.9 Å². The second-order valence-corrected chi connectivity index (χ2v) is 15.2. The van der Waals surface area contributed by atoms with Gasteiger partial charge in [0.25, 0.3) is 0 Å². The molecule has 3 aliphatic rings. The molecule has 3 fully saturated rings. The molecule has 1 aromatic carbocycles. The topological polar surface area (TPSA) is 235 Å². The molecule has 0 aliphatic carbocycles. The summed E-state index contributed by atoms with van der Waals surface area (Å²) in [5.74, 6) is -5.58. The Labute approximate surface area is 321 Å². The van der Waals surface area contributed by atoms with E-state index in [1.165, 1.54) is 35.8 Å². The van der Waals surface area contributed by atoms with Crippen LogP contribution in [0.4, 0.5) is 0 Å². The molecule has 17 heteroatoms. The summed E-state index contributed by atoms with van der Waals surface area (Å²) < 4.78 is 0. The third kappa shape index (κ3) is 10.7. The van der Waals surface area contributed by atoms with Gasteiger partial charge in [-0.3, -0.25) is 38.4 Å². The molecule has 0 saturated carbocycles. The number of hydrogen-bond acceptors (Lipinski definition) is 9. The van der Waals surface area contributed by atoms with Crippen LogP contribution in [-0.4, -0.2) is 124 Å². The summed E-state index contributed by atoms with van der Waals surface area (Å²) in [5.41, 5.74) is 0.594. The van der Waals surface area contributed by atoms with Crippen molar-refractivity contribution in [2.45, 2.75) is 122 Å². The third-order valence-corrected chi connectivity index (χ3v) is 10.6. The number of nitrogens with zero attached hydrogens (tertiary/aromatic N) is 2. The number of amides is 8. The SMILES string of the molecule is CC[C@@H](C)[C@@H]1NC(=O)[C@@H]2CCCN2C(=O)[C@@H](C(C)C)NC(=O)[C@H](C)NC(=O)CNC(=O)[C@@H]2CCCN2C(=O)[C@H](C)NC(=O)[C@H](Cc2ccc(O)cc2)NC1=O. The molecule has 7 N–H and O–H groups in total. The largest absolute Gasteiger partial charge is 0.508 e. The number of hydrogen-bond donors (Lipinski definition) is 7. The van der Waals surface area contributed by atoms with Crippen molar-refractivity contribution >= 4 is 47.3 Å². The first-order valence-electron chi connectivity index (χ1n) is 19.2. The van der Waals surface area contributed by atoms with E-state index in [1.54, 1.807) is 32.9 Å². The first-order valence-corrected chi connectivity index (χ1v) is 19.2. The molecule has 3 saturated heterocycles. The third-order valence-electron chi connectivity index (χ3n) is 10.6. The summed E-state index contributed by atoms with van der Waals surface area (Å²) >= 11 is 0. The molecule has 8 amide bonds. The van der Waals surface area contributed by atoms with Crippen molar-refractivity contribution in [2.24, 2.45) is 11.8 Å². The number of aromatic hydroxyl groups is 1. The zero-order chi connectivity index (χ0) is 40.6. The lowest BCUT2D eigenvalue weighted by atomic mass is 9.96. The van der Waals surface area contributed by atoms with E-state index < -0.39 is 108 Å². The highest BCUT2D eigenvalue weighted by Gasteiger charge is 2.42. The first kappa shape index (κ1) is 42.5. The van der Waals surface area contributed by atoms with E-state index in [-0.39, 0.29) is 25.3 Å². The molecule has 0 radical (unpaired) electrons. The Morgan fingerprint density at radius 1 is 0.673 bits per heavy atom. The highest BCUT2D eigenvalue weighted by atomic mass is 16.3. The Kier molecular flexibility index (Phi) is 14.6. The predicted octanol–water partition coefficient (Wildman–Crippen LogP) is -0.788. The monoisotopic (exact) mass is 768 g/mol. The van der Waals surface area contributed by atoms with Crippen LogP contribution < -0.4 is 31.9 Å². The van der Waals surface area contributed by atoms with Crippen LogP contribution in [0.25, 0.3) is 0 Å². The van der Waals surface area contributed by atoms with E-state index in [9.17, 15) is 43.5 Å². The van der Waals surface area contributed by atoms with Gasteiger partial charge in [0.2, 0.25) is 47.3 Å². The molecule has 8 atom stereocenters. The molecule has 55 heavy (non-hydrogen) atoms. The van der Waals surface area contributed by atoms with E-state index >= 15 is 0 Å². The van der Waals surface area contributed by atoms with Crippen molar-refractivity contribution in [3.8, 4) is 5.75 Å². The molecule has 0 bridgehead atoms. The summed E-state index contributed by atoms with van der Waals surface area (Å²) in [6.45, 7) is 10.0. The van der Waals surface area contributed by atoms with E-state index in [1.807, 2.05) is 6.92 Å². The van der Waals surface area contributed by atoms with Crippen LogP contribution in [-0.2, 0) is 44.8 Å². The first-order chi connectivity index (χ1) is 26.0. The molecular weight excluding hydrogens is 712 g/mol. The van der Waals surface area contributed by atoms with Crippen molar-refractivity contribution < 1.29 is 43.5 Å². The smallest absolute Gasteiger partial charge is 0.246 e. The van der Waals surface area contributed by atoms with Gasteiger partial charge in [-0.05, 0) is 69.1 Å². The lowest BCUT2D eigenvalue weighted by molar-refractivity contribution is -0.143. The second kappa shape index (κ2) is 18.9. The average molecular weight is 769 g/mol. The summed E-state index contributed by atoms with van der Waals surface area (Å²) in [5, 5.41) is 25.9. The van der Waals surface area contributed by atoms with Crippen molar-refractivity contribution in [3.63, 3.8) is 0 Å². The van der Waals surface area contributed by atoms with E-state index in [0.717, 1.165) is 0 Å². The van der Waals surface area contributed by atoms with Crippen LogP contribution in [0.3, 0.4) is 0 Å². The molecule has 1 aromatic rings. The highest BCUT2D eigenvalue weighted by Crippen LogP contribution is 2.22. The van der Waals surface area contributed by atoms with Gasteiger partial charge in [-0.25, -0.2) is 0 Å². The second-order valence-electron chi connectivity index (χ2n) is 15.2. The molecule has 302 valence electrons. The molecular formula is C38H56N8O9. The van der Waals surface area contributed by atoms with Crippen LogP contribution in [0.1, 0.15) is 79.2 Å². The average Bonchev–Trinajstić information content (AvgIpc) is 3.85. The molecule has 0 aromatic heterocycles. The molecule has 3 heterocycles. The Morgan fingerprint density at radius 3 is 1.85 bits per heavy atom. The summed E-state index contributed by atoms with van der Waals surface area (Å²) in [7, 11) is 0. The number of phenols is 1.